The van der Waals surface area contributed by atoms with Gasteiger partial charge in [0.1, 0.15) is 0 Å². The fourth-order valence-electron chi connectivity index (χ4n) is 1.44. The Bertz CT molecular complexity index is 335. The lowest BCUT2D eigenvalue weighted by Crippen LogP contribution is -2.08. The van der Waals surface area contributed by atoms with E-state index in [4.69, 9.17) is 19.3 Å². The minimum Gasteiger partial charge on any atom is -0.454 e. The van der Waals surface area contributed by atoms with Crippen molar-refractivity contribution in [3.05, 3.63) is 23.8 Å². The summed E-state index contributed by atoms with van der Waals surface area (Å²) in [6.07, 6.45) is 0.0423. The van der Waals surface area contributed by atoms with Crippen LogP contribution in [0.4, 0.5) is 0 Å². The molecule has 1 atom stereocenters. The molecule has 4 nitrogen and oxygen atoms in total. The molecular weight excluding hydrogens is 196 g/mol. The number of ether oxygens (including phenoxy) is 3. The fraction of sp³-hybridized carbons (Fsp3) is 0.455. The lowest BCUT2D eigenvalue weighted by atomic mass is 10.1. The normalized spacial score (nSPS) is 15.3. The summed E-state index contributed by atoms with van der Waals surface area (Å²) in [6.45, 7) is 2.39. The summed E-state index contributed by atoms with van der Waals surface area (Å²) in [5.74, 6) is 1.57. The monoisotopic (exact) mass is 210 g/mol. The van der Waals surface area contributed by atoms with E-state index in [1.165, 1.54) is 0 Å². The quantitative estimate of drug-likeness (QED) is 0.761. The Kier molecular flexibility index (Phi) is 3.08. The van der Waals surface area contributed by atoms with Crippen molar-refractivity contribution >= 4 is 0 Å². The van der Waals surface area contributed by atoms with E-state index in [0.717, 1.165) is 23.5 Å². The summed E-state index contributed by atoms with van der Waals surface area (Å²) in [7, 11) is 0. The van der Waals surface area contributed by atoms with E-state index in [1.807, 2.05) is 18.2 Å². The van der Waals surface area contributed by atoms with E-state index in [2.05, 4.69) is 0 Å². The van der Waals surface area contributed by atoms with Crippen LogP contribution < -0.4 is 9.47 Å². The standard InChI is InChI=1S/C11H14O4/c1-8(12)13-5-4-9-2-3-10-11(6-9)15-7-14-10/h2-3,6,8,12H,4-5,7H2,1H3. The average molecular weight is 210 g/mol. The summed E-state index contributed by atoms with van der Waals surface area (Å²) in [6, 6.07) is 5.80. The molecule has 2 rings (SSSR count). The maximum atomic E-state index is 8.92. The van der Waals surface area contributed by atoms with Gasteiger partial charge in [-0.2, -0.15) is 0 Å². The molecule has 0 saturated heterocycles. The van der Waals surface area contributed by atoms with Gasteiger partial charge in [0.25, 0.3) is 0 Å². The first-order valence-electron chi connectivity index (χ1n) is 4.94. The lowest BCUT2D eigenvalue weighted by molar-refractivity contribution is -0.0838. The van der Waals surface area contributed by atoms with Gasteiger partial charge in [0, 0.05) is 0 Å². The molecule has 1 N–H and O–H groups in total. The predicted molar refractivity (Wildman–Crippen MR) is 53.9 cm³/mol. The molecule has 0 saturated carbocycles. The van der Waals surface area contributed by atoms with Crippen LogP contribution >= 0.6 is 0 Å². The van der Waals surface area contributed by atoms with Crippen LogP contribution in [0, 0.1) is 0 Å². The molecule has 82 valence electrons. The third-order valence-electron chi connectivity index (χ3n) is 2.19. The maximum absolute atomic E-state index is 8.92. The van der Waals surface area contributed by atoms with Crippen molar-refractivity contribution in [1.82, 2.24) is 0 Å². The average Bonchev–Trinajstić information content (AvgIpc) is 2.64. The largest absolute Gasteiger partial charge is 0.454 e. The number of hydrogen-bond acceptors (Lipinski definition) is 4. The first-order chi connectivity index (χ1) is 7.25. The van der Waals surface area contributed by atoms with E-state index < -0.39 is 6.29 Å². The van der Waals surface area contributed by atoms with Crippen LogP contribution in [0.5, 0.6) is 11.5 Å². The van der Waals surface area contributed by atoms with E-state index >= 15 is 0 Å². The second-order valence-electron chi connectivity index (χ2n) is 3.41. The molecule has 0 radical (unpaired) electrons. The summed E-state index contributed by atoms with van der Waals surface area (Å²) in [4.78, 5) is 0. The van der Waals surface area contributed by atoms with Crippen LogP contribution in [-0.4, -0.2) is 24.8 Å². The molecule has 0 amide bonds. The van der Waals surface area contributed by atoms with Gasteiger partial charge >= 0.3 is 0 Å². The smallest absolute Gasteiger partial charge is 0.231 e. The summed E-state index contributed by atoms with van der Waals surface area (Å²) >= 11 is 0. The molecule has 0 aliphatic carbocycles. The summed E-state index contributed by atoms with van der Waals surface area (Å²) in [5, 5.41) is 8.92. The molecule has 1 aliphatic rings. The van der Waals surface area contributed by atoms with Crippen LogP contribution in [-0.2, 0) is 11.2 Å². The Morgan fingerprint density at radius 3 is 3.00 bits per heavy atom. The van der Waals surface area contributed by atoms with Crippen molar-refractivity contribution in [2.24, 2.45) is 0 Å². The predicted octanol–water partition coefficient (Wildman–Crippen LogP) is 1.31. The second-order valence-corrected chi connectivity index (χ2v) is 3.41. The Labute approximate surface area is 88.4 Å². The lowest BCUT2D eigenvalue weighted by Gasteiger charge is -2.06. The highest BCUT2D eigenvalue weighted by Crippen LogP contribution is 2.32. The molecular formula is C11H14O4. The molecule has 0 fully saturated rings. The van der Waals surface area contributed by atoms with Crippen LogP contribution in [0.15, 0.2) is 18.2 Å². The Morgan fingerprint density at radius 1 is 1.40 bits per heavy atom. The van der Waals surface area contributed by atoms with Crippen molar-refractivity contribution in [1.29, 1.82) is 0 Å². The zero-order valence-corrected chi connectivity index (χ0v) is 8.60. The Morgan fingerprint density at radius 2 is 2.20 bits per heavy atom. The zero-order chi connectivity index (χ0) is 10.7. The molecule has 1 unspecified atom stereocenters. The molecule has 1 aliphatic heterocycles. The number of benzene rings is 1. The Balaban J connectivity index is 1.92. The highest BCUT2D eigenvalue weighted by Gasteiger charge is 2.12. The van der Waals surface area contributed by atoms with E-state index in [-0.39, 0.29) is 0 Å². The third kappa shape index (κ3) is 2.61. The molecule has 0 aromatic heterocycles. The van der Waals surface area contributed by atoms with Gasteiger partial charge in [-0.3, -0.25) is 0 Å². The number of aliphatic hydroxyl groups excluding tert-OH is 1. The topological polar surface area (TPSA) is 47.9 Å². The van der Waals surface area contributed by atoms with Gasteiger partial charge in [0.05, 0.1) is 6.61 Å². The van der Waals surface area contributed by atoms with Crippen LogP contribution in [0.1, 0.15) is 12.5 Å². The first-order valence-corrected chi connectivity index (χ1v) is 4.94. The summed E-state index contributed by atoms with van der Waals surface area (Å²) in [5.41, 5.74) is 1.11. The highest BCUT2D eigenvalue weighted by molar-refractivity contribution is 5.44. The fourth-order valence-corrected chi connectivity index (χ4v) is 1.44. The van der Waals surface area contributed by atoms with E-state index in [1.54, 1.807) is 6.92 Å². The van der Waals surface area contributed by atoms with Crippen LogP contribution in [0.3, 0.4) is 0 Å². The molecule has 1 aromatic carbocycles. The van der Waals surface area contributed by atoms with Crippen molar-refractivity contribution in [2.75, 3.05) is 13.4 Å². The van der Waals surface area contributed by atoms with E-state index in [9.17, 15) is 0 Å². The van der Waals surface area contributed by atoms with Crippen molar-refractivity contribution in [3.63, 3.8) is 0 Å². The van der Waals surface area contributed by atoms with Crippen LogP contribution in [0.2, 0.25) is 0 Å². The Hall–Kier alpha value is -1.26. The SMILES string of the molecule is CC(O)OCCc1ccc2c(c1)OCO2. The van der Waals surface area contributed by atoms with Crippen LogP contribution in [0.25, 0.3) is 0 Å². The molecule has 0 spiro atoms. The molecule has 1 aromatic rings. The van der Waals surface area contributed by atoms with Crippen molar-refractivity contribution in [2.45, 2.75) is 19.6 Å². The van der Waals surface area contributed by atoms with Gasteiger partial charge in [-0.05, 0) is 31.0 Å². The minimum atomic E-state index is -0.709. The minimum absolute atomic E-state index is 0.295. The number of rotatable bonds is 4. The van der Waals surface area contributed by atoms with Gasteiger partial charge in [-0.25, -0.2) is 0 Å². The van der Waals surface area contributed by atoms with Gasteiger partial charge in [-0.15, -0.1) is 0 Å². The van der Waals surface area contributed by atoms with Gasteiger partial charge in [-0.1, -0.05) is 6.07 Å². The molecule has 0 bridgehead atoms. The number of hydrogen-bond donors (Lipinski definition) is 1. The summed E-state index contributed by atoms with van der Waals surface area (Å²) < 4.78 is 15.5. The van der Waals surface area contributed by atoms with Gasteiger partial charge < -0.3 is 19.3 Å². The maximum Gasteiger partial charge on any atom is 0.231 e. The molecule has 4 heteroatoms. The zero-order valence-electron chi connectivity index (χ0n) is 8.60. The van der Waals surface area contributed by atoms with E-state index in [0.29, 0.717) is 13.4 Å². The van der Waals surface area contributed by atoms with Crippen molar-refractivity contribution in [3.8, 4) is 11.5 Å². The third-order valence-corrected chi connectivity index (χ3v) is 2.19. The number of fused-ring (bicyclic) bond motifs is 1. The van der Waals surface area contributed by atoms with Gasteiger partial charge in [0.15, 0.2) is 17.8 Å². The second kappa shape index (κ2) is 4.51. The first kappa shape index (κ1) is 10.3. The molecule has 1 heterocycles. The highest BCUT2D eigenvalue weighted by atomic mass is 16.7. The number of aliphatic hydroxyl groups is 1. The van der Waals surface area contributed by atoms with Gasteiger partial charge in [0.2, 0.25) is 6.79 Å². The van der Waals surface area contributed by atoms with Crippen molar-refractivity contribution < 1.29 is 19.3 Å². The molecule has 15 heavy (non-hydrogen) atoms.